The van der Waals surface area contributed by atoms with Crippen LogP contribution in [0.5, 0.6) is 0 Å². The first kappa shape index (κ1) is 13.3. The number of hydrogen-bond acceptors (Lipinski definition) is 1. The van der Waals surface area contributed by atoms with Crippen molar-refractivity contribution >= 4 is 15.9 Å². The summed E-state index contributed by atoms with van der Waals surface area (Å²) in [4.78, 5) is 0. The van der Waals surface area contributed by atoms with Gasteiger partial charge in [-0.3, -0.25) is 0 Å². The molecule has 2 aliphatic carbocycles. The lowest BCUT2D eigenvalue weighted by atomic mass is 9.87. The van der Waals surface area contributed by atoms with E-state index in [0.29, 0.717) is 6.04 Å². The van der Waals surface area contributed by atoms with Crippen LogP contribution in [0.2, 0.25) is 0 Å². The molecular formula is C16H19BrFN. The first-order valence-corrected chi connectivity index (χ1v) is 7.78. The third-order valence-electron chi connectivity index (χ3n) is 4.59. The number of allylic oxidation sites excluding steroid dienone is 2. The number of hydrogen-bond donors (Lipinski definition) is 1. The molecule has 19 heavy (non-hydrogen) atoms. The molecule has 1 saturated carbocycles. The van der Waals surface area contributed by atoms with Crippen LogP contribution in [0.4, 0.5) is 4.39 Å². The third kappa shape index (κ3) is 2.77. The molecule has 3 rings (SSSR count). The lowest BCUT2D eigenvalue weighted by Gasteiger charge is -2.26. The predicted octanol–water partition coefficient (Wildman–Crippen LogP) is 4.28. The Bertz CT molecular complexity index is 500. The van der Waals surface area contributed by atoms with Crippen LogP contribution in [-0.4, -0.2) is 6.04 Å². The van der Waals surface area contributed by atoms with Crippen LogP contribution in [0.15, 0.2) is 34.8 Å². The highest BCUT2D eigenvalue weighted by Crippen LogP contribution is 2.44. The Morgan fingerprint density at radius 3 is 2.89 bits per heavy atom. The summed E-state index contributed by atoms with van der Waals surface area (Å²) in [7, 11) is 0. The Kier molecular flexibility index (Phi) is 3.77. The largest absolute Gasteiger partial charge is 0.310 e. The minimum absolute atomic E-state index is 0.171. The second-order valence-electron chi connectivity index (χ2n) is 5.85. The lowest BCUT2D eigenvalue weighted by Crippen LogP contribution is -2.35. The first-order chi connectivity index (χ1) is 9.13. The normalized spacial score (nSPS) is 29.9. The highest BCUT2D eigenvalue weighted by molar-refractivity contribution is 9.10. The fourth-order valence-electron chi connectivity index (χ4n) is 3.50. The van der Waals surface area contributed by atoms with Crippen LogP contribution in [0.25, 0.3) is 0 Å². The van der Waals surface area contributed by atoms with Crippen molar-refractivity contribution in [3.63, 3.8) is 0 Å². The molecule has 2 bridgehead atoms. The van der Waals surface area contributed by atoms with Crippen molar-refractivity contribution in [2.45, 2.75) is 32.4 Å². The van der Waals surface area contributed by atoms with Gasteiger partial charge in [0.15, 0.2) is 0 Å². The summed E-state index contributed by atoms with van der Waals surface area (Å²) in [5.74, 6) is 2.13. The van der Waals surface area contributed by atoms with E-state index >= 15 is 0 Å². The van der Waals surface area contributed by atoms with Gasteiger partial charge >= 0.3 is 0 Å². The number of rotatable bonds is 4. The molecule has 0 aliphatic heterocycles. The van der Waals surface area contributed by atoms with Crippen molar-refractivity contribution in [1.82, 2.24) is 5.32 Å². The first-order valence-electron chi connectivity index (χ1n) is 6.99. The summed E-state index contributed by atoms with van der Waals surface area (Å²) in [6.45, 7) is 2.98. The number of fused-ring (bicyclic) bond motifs is 2. The fraction of sp³-hybridized carbons (Fsp3) is 0.500. The van der Waals surface area contributed by atoms with Gasteiger partial charge in [-0.2, -0.15) is 0 Å². The van der Waals surface area contributed by atoms with E-state index in [1.807, 2.05) is 0 Å². The molecule has 1 N–H and O–H groups in total. The molecule has 1 nitrogen and oxygen atoms in total. The zero-order valence-corrected chi connectivity index (χ0v) is 12.7. The Morgan fingerprint density at radius 1 is 1.37 bits per heavy atom. The lowest BCUT2D eigenvalue weighted by molar-refractivity contribution is 0.326. The zero-order valence-electron chi connectivity index (χ0n) is 11.1. The average Bonchev–Trinajstić information content (AvgIpc) is 3.02. The molecule has 0 saturated heterocycles. The molecule has 0 aromatic heterocycles. The van der Waals surface area contributed by atoms with Gasteiger partial charge in [-0.05, 0) is 61.3 Å². The molecule has 1 fully saturated rings. The van der Waals surface area contributed by atoms with E-state index in [1.165, 1.54) is 18.9 Å². The zero-order chi connectivity index (χ0) is 13.4. The highest BCUT2D eigenvalue weighted by Gasteiger charge is 2.38. The van der Waals surface area contributed by atoms with E-state index < -0.39 is 0 Å². The predicted molar refractivity (Wildman–Crippen MR) is 79.2 cm³/mol. The number of nitrogens with one attached hydrogen (secondary N) is 1. The third-order valence-corrected chi connectivity index (χ3v) is 5.37. The molecule has 4 unspecified atom stereocenters. The summed E-state index contributed by atoms with van der Waals surface area (Å²) in [5, 5.41) is 3.56. The van der Waals surface area contributed by atoms with Gasteiger partial charge in [0.2, 0.25) is 0 Å². The molecule has 3 heteroatoms. The van der Waals surface area contributed by atoms with Crippen molar-refractivity contribution in [2.75, 3.05) is 0 Å². The quantitative estimate of drug-likeness (QED) is 0.815. The molecule has 1 aromatic rings. The van der Waals surface area contributed by atoms with Crippen LogP contribution in [0.1, 0.15) is 25.3 Å². The Morgan fingerprint density at radius 2 is 2.21 bits per heavy atom. The maximum absolute atomic E-state index is 13.2. The Hall–Kier alpha value is -0.670. The molecule has 0 radical (unpaired) electrons. The van der Waals surface area contributed by atoms with Crippen LogP contribution in [0.3, 0.4) is 0 Å². The van der Waals surface area contributed by atoms with Crippen molar-refractivity contribution in [3.05, 3.63) is 46.2 Å². The van der Waals surface area contributed by atoms with E-state index in [-0.39, 0.29) is 5.82 Å². The SMILES string of the molecule is CC(NCc1cc(F)ccc1Br)C1CC2C=CC1C2. The molecule has 0 spiro atoms. The van der Waals surface area contributed by atoms with E-state index in [4.69, 9.17) is 0 Å². The second-order valence-corrected chi connectivity index (χ2v) is 6.70. The molecule has 0 heterocycles. The average molecular weight is 324 g/mol. The minimum atomic E-state index is -0.171. The van der Waals surface area contributed by atoms with Crippen LogP contribution < -0.4 is 5.32 Å². The van der Waals surface area contributed by atoms with Crippen molar-refractivity contribution in [3.8, 4) is 0 Å². The van der Waals surface area contributed by atoms with Crippen molar-refractivity contribution in [2.24, 2.45) is 17.8 Å². The highest BCUT2D eigenvalue weighted by atomic mass is 79.9. The summed E-state index contributed by atoms with van der Waals surface area (Å²) in [6.07, 6.45) is 7.40. The molecule has 1 aromatic carbocycles. The molecule has 102 valence electrons. The summed E-state index contributed by atoms with van der Waals surface area (Å²) >= 11 is 3.48. The maximum Gasteiger partial charge on any atom is 0.123 e. The van der Waals surface area contributed by atoms with Crippen molar-refractivity contribution in [1.29, 1.82) is 0 Å². The molecule has 4 atom stereocenters. The molecular weight excluding hydrogens is 305 g/mol. The number of benzene rings is 1. The smallest absolute Gasteiger partial charge is 0.123 e. The van der Waals surface area contributed by atoms with Crippen LogP contribution in [0, 0.1) is 23.6 Å². The minimum Gasteiger partial charge on any atom is -0.310 e. The van der Waals surface area contributed by atoms with Gasteiger partial charge in [-0.15, -0.1) is 0 Å². The Labute approximate surface area is 122 Å². The van der Waals surface area contributed by atoms with E-state index in [1.54, 1.807) is 12.1 Å². The monoisotopic (exact) mass is 323 g/mol. The Balaban J connectivity index is 1.60. The molecule has 0 amide bonds. The van der Waals surface area contributed by atoms with Gasteiger partial charge < -0.3 is 5.32 Å². The van der Waals surface area contributed by atoms with E-state index in [9.17, 15) is 4.39 Å². The van der Waals surface area contributed by atoms with Gasteiger partial charge in [0.1, 0.15) is 5.82 Å². The van der Waals surface area contributed by atoms with Gasteiger partial charge in [-0.1, -0.05) is 28.1 Å². The second kappa shape index (κ2) is 5.37. The van der Waals surface area contributed by atoms with Gasteiger partial charge in [-0.25, -0.2) is 4.39 Å². The standard InChI is InChI=1S/C16H19BrFN/c1-10(15-7-11-2-3-12(15)6-11)19-9-13-8-14(18)4-5-16(13)17/h2-5,8,10-12,15,19H,6-7,9H2,1H3. The summed E-state index contributed by atoms with van der Waals surface area (Å²) < 4.78 is 14.2. The van der Waals surface area contributed by atoms with Crippen LogP contribution in [-0.2, 0) is 6.54 Å². The van der Waals surface area contributed by atoms with Gasteiger partial charge in [0.05, 0.1) is 0 Å². The number of halogens is 2. The fourth-order valence-corrected chi connectivity index (χ4v) is 3.89. The van der Waals surface area contributed by atoms with Crippen molar-refractivity contribution < 1.29 is 4.39 Å². The summed E-state index contributed by atoms with van der Waals surface area (Å²) in [6, 6.07) is 5.34. The van der Waals surface area contributed by atoms with E-state index in [0.717, 1.165) is 34.3 Å². The van der Waals surface area contributed by atoms with Gasteiger partial charge in [0.25, 0.3) is 0 Å². The van der Waals surface area contributed by atoms with Crippen LogP contribution >= 0.6 is 15.9 Å². The summed E-state index contributed by atoms with van der Waals surface area (Å²) in [5.41, 5.74) is 0.991. The topological polar surface area (TPSA) is 12.0 Å². The maximum atomic E-state index is 13.2. The molecule has 2 aliphatic rings. The van der Waals surface area contributed by atoms with Gasteiger partial charge in [0, 0.05) is 17.1 Å². The van der Waals surface area contributed by atoms with E-state index in [2.05, 4.69) is 40.3 Å².